The maximum Gasteiger partial charge on any atom is 0.220 e. The van der Waals surface area contributed by atoms with Crippen molar-refractivity contribution in [2.75, 3.05) is 45.9 Å². The van der Waals surface area contributed by atoms with E-state index in [4.69, 9.17) is 10.5 Å². The zero-order valence-electron chi connectivity index (χ0n) is 11.3. The van der Waals surface area contributed by atoms with Gasteiger partial charge < -0.3 is 15.8 Å². The van der Waals surface area contributed by atoms with Crippen molar-refractivity contribution >= 4 is 5.91 Å². The highest BCUT2D eigenvalue weighted by Crippen LogP contribution is 2.02. The number of morpholine rings is 1. The van der Waals surface area contributed by atoms with Crippen molar-refractivity contribution in [3.8, 4) is 0 Å². The predicted molar refractivity (Wildman–Crippen MR) is 72.4 cm³/mol. The molecule has 1 amide bonds. The van der Waals surface area contributed by atoms with E-state index >= 15 is 0 Å². The van der Waals surface area contributed by atoms with Crippen molar-refractivity contribution in [2.24, 2.45) is 5.73 Å². The summed E-state index contributed by atoms with van der Waals surface area (Å²) in [7, 11) is 0. The van der Waals surface area contributed by atoms with Gasteiger partial charge >= 0.3 is 0 Å². The minimum Gasteiger partial charge on any atom is -0.379 e. The Balaban J connectivity index is 1.89. The lowest BCUT2D eigenvalue weighted by atomic mass is 10.1. The summed E-state index contributed by atoms with van der Waals surface area (Å²) in [5, 5.41) is 2.97. The van der Waals surface area contributed by atoms with Gasteiger partial charge in [0.2, 0.25) is 5.91 Å². The Morgan fingerprint density at radius 2 is 1.89 bits per heavy atom. The average molecular weight is 257 g/mol. The molecule has 0 atom stereocenters. The van der Waals surface area contributed by atoms with Gasteiger partial charge in [-0.15, -0.1) is 0 Å². The largest absolute Gasteiger partial charge is 0.379 e. The van der Waals surface area contributed by atoms with Crippen molar-refractivity contribution in [1.82, 2.24) is 10.2 Å². The smallest absolute Gasteiger partial charge is 0.220 e. The molecule has 1 heterocycles. The number of ether oxygens (including phenoxy) is 1. The van der Waals surface area contributed by atoms with Crippen molar-refractivity contribution in [3.63, 3.8) is 0 Å². The average Bonchev–Trinajstić information content (AvgIpc) is 2.40. The Morgan fingerprint density at radius 3 is 2.61 bits per heavy atom. The molecule has 1 aliphatic rings. The number of hydrogen-bond acceptors (Lipinski definition) is 4. The maximum absolute atomic E-state index is 11.5. The molecule has 0 aromatic heterocycles. The van der Waals surface area contributed by atoms with E-state index < -0.39 is 0 Å². The fraction of sp³-hybridized carbons (Fsp3) is 0.923. The first-order valence-electron chi connectivity index (χ1n) is 7.10. The van der Waals surface area contributed by atoms with Gasteiger partial charge in [0.25, 0.3) is 0 Å². The first-order chi connectivity index (χ1) is 8.83. The molecule has 18 heavy (non-hydrogen) atoms. The summed E-state index contributed by atoms with van der Waals surface area (Å²) >= 11 is 0. The van der Waals surface area contributed by atoms with Crippen LogP contribution in [0.4, 0.5) is 0 Å². The Bertz CT molecular complexity index is 218. The van der Waals surface area contributed by atoms with Crippen LogP contribution in [0.5, 0.6) is 0 Å². The normalized spacial score (nSPS) is 16.7. The van der Waals surface area contributed by atoms with Crippen LogP contribution in [0.1, 0.15) is 32.1 Å². The molecule has 0 unspecified atom stereocenters. The van der Waals surface area contributed by atoms with E-state index in [-0.39, 0.29) is 5.91 Å². The molecule has 5 heteroatoms. The van der Waals surface area contributed by atoms with E-state index in [0.29, 0.717) is 6.42 Å². The van der Waals surface area contributed by atoms with Crippen LogP contribution in [-0.2, 0) is 9.53 Å². The van der Waals surface area contributed by atoms with Gasteiger partial charge in [-0.05, 0) is 19.4 Å². The van der Waals surface area contributed by atoms with Crippen molar-refractivity contribution in [3.05, 3.63) is 0 Å². The highest BCUT2D eigenvalue weighted by Gasteiger charge is 2.09. The molecular formula is C13H27N3O2. The zero-order chi connectivity index (χ0) is 13.1. The molecule has 106 valence electrons. The first kappa shape index (κ1) is 15.4. The van der Waals surface area contributed by atoms with Crippen LogP contribution in [0.2, 0.25) is 0 Å². The van der Waals surface area contributed by atoms with Gasteiger partial charge in [0, 0.05) is 32.6 Å². The van der Waals surface area contributed by atoms with Gasteiger partial charge in [-0.2, -0.15) is 0 Å². The zero-order valence-corrected chi connectivity index (χ0v) is 11.3. The molecule has 1 fully saturated rings. The lowest BCUT2D eigenvalue weighted by Gasteiger charge is -2.26. The Hall–Kier alpha value is -0.650. The highest BCUT2D eigenvalue weighted by atomic mass is 16.5. The lowest BCUT2D eigenvalue weighted by molar-refractivity contribution is -0.121. The maximum atomic E-state index is 11.5. The van der Waals surface area contributed by atoms with Crippen LogP contribution in [-0.4, -0.2) is 56.7 Å². The second-order valence-electron chi connectivity index (χ2n) is 4.76. The van der Waals surface area contributed by atoms with Crippen LogP contribution < -0.4 is 11.1 Å². The van der Waals surface area contributed by atoms with Gasteiger partial charge in [0.05, 0.1) is 13.2 Å². The van der Waals surface area contributed by atoms with Gasteiger partial charge in [0.15, 0.2) is 0 Å². The number of amides is 1. The molecule has 0 bridgehead atoms. The number of carbonyl (C=O) groups is 1. The second kappa shape index (κ2) is 10.3. The summed E-state index contributed by atoms with van der Waals surface area (Å²) < 4.78 is 5.27. The van der Waals surface area contributed by atoms with Crippen molar-refractivity contribution < 1.29 is 9.53 Å². The third-order valence-electron chi connectivity index (χ3n) is 3.21. The van der Waals surface area contributed by atoms with E-state index in [2.05, 4.69) is 10.2 Å². The third-order valence-corrected chi connectivity index (χ3v) is 3.21. The van der Waals surface area contributed by atoms with Gasteiger partial charge in [0.1, 0.15) is 0 Å². The highest BCUT2D eigenvalue weighted by molar-refractivity contribution is 5.75. The van der Waals surface area contributed by atoms with Crippen molar-refractivity contribution in [1.29, 1.82) is 0 Å². The standard InChI is InChI=1S/C13H27N3O2/c14-6-4-2-1-3-5-13(17)15-7-8-16-9-11-18-12-10-16/h1-12,14H2,(H,15,17). The Morgan fingerprint density at radius 1 is 1.17 bits per heavy atom. The van der Waals surface area contributed by atoms with E-state index in [0.717, 1.165) is 71.6 Å². The molecule has 0 aromatic rings. The second-order valence-corrected chi connectivity index (χ2v) is 4.76. The number of unbranched alkanes of at least 4 members (excludes halogenated alkanes) is 3. The molecule has 1 aliphatic heterocycles. The summed E-state index contributed by atoms with van der Waals surface area (Å²) in [6, 6.07) is 0. The molecule has 3 N–H and O–H groups in total. The van der Waals surface area contributed by atoms with Crippen LogP contribution in [0.3, 0.4) is 0 Å². The molecular weight excluding hydrogens is 230 g/mol. The first-order valence-corrected chi connectivity index (χ1v) is 7.10. The summed E-state index contributed by atoms with van der Waals surface area (Å²) in [4.78, 5) is 13.9. The summed E-state index contributed by atoms with van der Waals surface area (Å²) in [6.45, 7) is 6.03. The van der Waals surface area contributed by atoms with E-state index in [9.17, 15) is 4.79 Å². The fourth-order valence-corrected chi connectivity index (χ4v) is 2.05. The summed E-state index contributed by atoms with van der Waals surface area (Å²) in [5.74, 6) is 0.177. The SMILES string of the molecule is NCCCCCCC(=O)NCCN1CCOCC1. The molecule has 0 aromatic carbocycles. The third kappa shape index (κ3) is 7.63. The number of carbonyl (C=O) groups excluding carboxylic acids is 1. The molecule has 5 nitrogen and oxygen atoms in total. The van der Waals surface area contributed by atoms with Crippen molar-refractivity contribution in [2.45, 2.75) is 32.1 Å². The summed E-state index contributed by atoms with van der Waals surface area (Å²) in [6.07, 6.45) is 4.93. The minimum atomic E-state index is 0.177. The lowest BCUT2D eigenvalue weighted by Crippen LogP contribution is -2.41. The van der Waals surface area contributed by atoms with Crippen LogP contribution in [0.25, 0.3) is 0 Å². The topological polar surface area (TPSA) is 67.6 Å². The quantitative estimate of drug-likeness (QED) is 0.585. The van der Waals surface area contributed by atoms with Gasteiger partial charge in [-0.25, -0.2) is 0 Å². The number of nitrogens with two attached hydrogens (primary N) is 1. The predicted octanol–water partition coefficient (Wildman–Crippen LogP) is 0.344. The molecule has 1 rings (SSSR count). The van der Waals surface area contributed by atoms with Crippen LogP contribution in [0.15, 0.2) is 0 Å². The van der Waals surface area contributed by atoms with Gasteiger partial charge in [-0.1, -0.05) is 12.8 Å². The molecule has 0 radical (unpaired) electrons. The minimum absolute atomic E-state index is 0.177. The van der Waals surface area contributed by atoms with Crippen LogP contribution in [0, 0.1) is 0 Å². The Labute approximate surface area is 110 Å². The van der Waals surface area contributed by atoms with Crippen LogP contribution >= 0.6 is 0 Å². The van der Waals surface area contributed by atoms with E-state index in [1.807, 2.05) is 0 Å². The number of rotatable bonds is 9. The number of nitrogens with one attached hydrogen (secondary N) is 1. The number of nitrogens with zero attached hydrogens (tertiary/aromatic N) is 1. The number of hydrogen-bond donors (Lipinski definition) is 2. The van der Waals surface area contributed by atoms with E-state index in [1.54, 1.807) is 0 Å². The molecule has 0 aliphatic carbocycles. The fourth-order valence-electron chi connectivity index (χ4n) is 2.05. The monoisotopic (exact) mass is 257 g/mol. The Kier molecular flexibility index (Phi) is 8.81. The van der Waals surface area contributed by atoms with Gasteiger partial charge in [-0.3, -0.25) is 9.69 Å². The molecule has 0 spiro atoms. The summed E-state index contributed by atoms with van der Waals surface area (Å²) in [5.41, 5.74) is 5.41. The molecule has 0 saturated carbocycles. The van der Waals surface area contributed by atoms with E-state index in [1.165, 1.54) is 0 Å². The molecule has 1 saturated heterocycles.